The van der Waals surface area contributed by atoms with Gasteiger partial charge in [-0.05, 0) is 51.1 Å². The smallest absolute Gasteiger partial charge is 0.415 e. The van der Waals surface area contributed by atoms with Crippen molar-refractivity contribution in [3.05, 3.63) is 45.6 Å². The molecule has 33 heavy (non-hydrogen) atoms. The van der Waals surface area contributed by atoms with E-state index in [-0.39, 0.29) is 19.0 Å². The van der Waals surface area contributed by atoms with Gasteiger partial charge in [0.25, 0.3) is 5.91 Å². The van der Waals surface area contributed by atoms with E-state index < -0.39 is 17.8 Å². The Morgan fingerprint density at radius 3 is 2.67 bits per heavy atom. The second-order valence-electron chi connectivity index (χ2n) is 8.43. The third-order valence-corrected chi connectivity index (χ3v) is 5.72. The molecule has 1 aliphatic rings. The number of nitrogens with zero attached hydrogens (tertiary/aromatic N) is 3. The summed E-state index contributed by atoms with van der Waals surface area (Å²) in [6, 6.07) is 10.9. The summed E-state index contributed by atoms with van der Waals surface area (Å²) in [6.07, 6.45) is 0.262. The van der Waals surface area contributed by atoms with E-state index >= 15 is 0 Å². The summed E-state index contributed by atoms with van der Waals surface area (Å²) in [6.45, 7) is 6.79. The Morgan fingerprint density at radius 2 is 2.03 bits per heavy atom. The molecule has 9 nitrogen and oxygen atoms in total. The molecule has 2 amide bonds. The van der Waals surface area contributed by atoms with Gasteiger partial charge in [-0.15, -0.1) is 11.3 Å². The minimum atomic E-state index is -0.775. The van der Waals surface area contributed by atoms with Crippen LogP contribution in [0.15, 0.2) is 41.5 Å². The number of hydrogen-bond donors (Lipinski definition) is 3. The highest BCUT2D eigenvalue weighted by molar-refractivity contribution is 7.18. The van der Waals surface area contributed by atoms with E-state index in [9.17, 15) is 14.7 Å². The Kier molecular flexibility index (Phi) is 8.17. The lowest BCUT2D eigenvalue weighted by molar-refractivity contribution is 0.0374. The number of rotatable bonds is 7. The van der Waals surface area contributed by atoms with Crippen LogP contribution in [0.4, 0.5) is 16.2 Å². The molecule has 0 fully saturated rings. The topological polar surface area (TPSA) is 106 Å². The molecule has 0 radical (unpaired) electrons. The summed E-state index contributed by atoms with van der Waals surface area (Å²) < 4.78 is 5.90. The molecule has 1 aromatic heterocycles. The number of benzene rings is 1. The van der Waals surface area contributed by atoms with Crippen LogP contribution < -0.4 is 15.6 Å². The van der Waals surface area contributed by atoms with E-state index in [1.165, 1.54) is 22.6 Å². The molecule has 1 aliphatic heterocycles. The van der Waals surface area contributed by atoms with Crippen molar-refractivity contribution in [3.63, 3.8) is 0 Å². The fourth-order valence-corrected chi connectivity index (χ4v) is 3.88. The minimum Gasteiger partial charge on any atom is -0.443 e. The maximum atomic E-state index is 12.2. The average molecular weight is 494 g/mol. The lowest BCUT2D eigenvalue weighted by Crippen LogP contribution is -2.43. The molecule has 0 aliphatic carbocycles. The maximum Gasteiger partial charge on any atom is 0.415 e. The molecule has 178 valence electrons. The first kappa shape index (κ1) is 24.8. The molecule has 1 atom stereocenters. The highest BCUT2D eigenvalue weighted by Gasteiger charge is 2.24. The molecular weight excluding hydrogens is 466 g/mol. The van der Waals surface area contributed by atoms with E-state index in [1.807, 2.05) is 45.0 Å². The number of halogens is 1. The van der Waals surface area contributed by atoms with E-state index in [0.29, 0.717) is 22.3 Å². The molecule has 0 saturated heterocycles. The average Bonchev–Trinajstić information content (AvgIpc) is 3.21. The number of nitrogens with one attached hydrogen (secondary N) is 2. The number of hydrogen-bond acceptors (Lipinski definition) is 8. The van der Waals surface area contributed by atoms with Gasteiger partial charge in [0, 0.05) is 25.3 Å². The first-order chi connectivity index (χ1) is 15.6. The van der Waals surface area contributed by atoms with Gasteiger partial charge in [-0.3, -0.25) is 14.7 Å². The second kappa shape index (κ2) is 10.9. The second-order valence-corrected chi connectivity index (χ2v) is 10.1. The monoisotopic (exact) mass is 493 g/mol. The van der Waals surface area contributed by atoms with Gasteiger partial charge >= 0.3 is 6.09 Å². The van der Waals surface area contributed by atoms with Gasteiger partial charge in [0.15, 0.2) is 0 Å². The maximum absolute atomic E-state index is 12.2. The van der Waals surface area contributed by atoms with Gasteiger partial charge in [-0.25, -0.2) is 4.79 Å². The largest absolute Gasteiger partial charge is 0.443 e. The summed E-state index contributed by atoms with van der Waals surface area (Å²) in [4.78, 5) is 26.2. The zero-order valence-corrected chi connectivity index (χ0v) is 20.3. The van der Waals surface area contributed by atoms with Gasteiger partial charge in [0.05, 0.1) is 27.5 Å². The number of ether oxygens (including phenoxy) is 1. The molecule has 0 bridgehead atoms. The van der Waals surface area contributed by atoms with E-state index in [4.69, 9.17) is 16.3 Å². The molecule has 3 rings (SSSR count). The Hall–Kier alpha value is -2.82. The number of carbonyl (C=O) groups is 2. The number of aliphatic hydroxyl groups excluding tert-OH is 1. The quantitative estimate of drug-likeness (QED) is 0.544. The van der Waals surface area contributed by atoms with Crippen molar-refractivity contribution in [1.29, 1.82) is 0 Å². The summed E-state index contributed by atoms with van der Waals surface area (Å²) >= 11 is 7.03. The molecular formula is C22H28ClN5O4S. The lowest BCUT2D eigenvalue weighted by Gasteiger charge is -2.30. The molecule has 0 saturated carbocycles. The highest BCUT2D eigenvalue weighted by atomic mass is 35.5. The van der Waals surface area contributed by atoms with Gasteiger partial charge in [-0.2, -0.15) is 5.10 Å². The fraction of sp³-hybridized carbons (Fsp3) is 0.409. The van der Waals surface area contributed by atoms with Crippen LogP contribution in [0.5, 0.6) is 0 Å². The van der Waals surface area contributed by atoms with E-state index in [2.05, 4.69) is 15.7 Å². The Morgan fingerprint density at radius 1 is 1.24 bits per heavy atom. The normalized spacial score (nSPS) is 14.7. The predicted octanol–water partition coefficient (Wildman–Crippen LogP) is 3.60. The summed E-state index contributed by atoms with van der Waals surface area (Å²) in [5.41, 5.74) is 1.08. The lowest BCUT2D eigenvalue weighted by atomic mass is 10.2. The molecule has 3 N–H and O–H groups in total. The van der Waals surface area contributed by atoms with Crippen molar-refractivity contribution in [3.8, 4) is 0 Å². The summed E-state index contributed by atoms with van der Waals surface area (Å²) in [5, 5.41) is 22.2. The SMILES string of the molecule is CC(C)(C)OC(=O)N1C=NN(c2cccc(NC[C@H](O)CNC(=O)c3ccc(Cl)s3)c2)CC1. The van der Waals surface area contributed by atoms with Crippen molar-refractivity contribution >= 4 is 52.7 Å². The molecule has 1 aromatic carbocycles. The predicted molar refractivity (Wildman–Crippen MR) is 131 cm³/mol. The van der Waals surface area contributed by atoms with Crippen molar-refractivity contribution in [2.24, 2.45) is 5.10 Å². The van der Waals surface area contributed by atoms with Crippen LogP contribution in [0.2, 0.25) is 4.34 Å². The molecule has 0 spiro atoms. The van der Waals surface area contributed by atoms with Crippen LogP contribution in [-0.2, 0) is 4.74 Å². The Bertz CT molecular complexity index is 1010. The zero-order chi connectivity index (χ0) is 24.0. The fourth-order valence-electron chi connectivity index (χ4n) is 2.92. The zero-order valence-electron chi connectivity index (χ0n) is 18.7. The van der Waals surface area contributed by atoms with Gasteiger partial charge < -0.3 is 20.5 Å². The third-order valence-electron chi connectivity index (χ3n) is 4.49. The third kappa shape index (κ3) is 7.62. The van der Waals surface area contributed by atoms with Crippen LogP contribution in [0.3, 0.4) is 0 Å². The number of thiophene rings is 1. The minimum absolute atomic E-state index is 0.109. The Balaban J connectivity index is 1.48. The number of aliphatic hydroxyl groups is 1. The van der Waals surface area contributed by atoms with Crippen LogP contribution in [-0.4, -0.2) is 66.2 Å². The molecule has 0 unspecified atom stereocenters. The first-order valence-electron chi connectivity index (χ1n) is 10.5. The number of amides is 2. The van der Waals surface area contributed by atoms with Crippen molar-refractivity contribution in [2.75, 3.05) is 36.5 Å². The number of anilines is 2. The van der Waals surface area contributed by atoms with Crippen molar-refractivity contribution in [1.82, 2.24) is 10.2 Å². The van der Waals surface area contributed by atoms with Crippen molar-refractivity contribution in [2.45, 2.75) is 32.5 Å². The number of hydrazone groups is 1. The van der Waals surface area contributed by atoms with Crippen LogP contribution >= 0.6 is 22.9 Å². The summed E-state index contributed by atoms with van der Waals surface area (Å²) in [5.74, 6) is -0.267. The molecule has 2 heterocycles. The van der Waals surface area contributed by atoms with Gasteiger partial charge in [0.2, 0.25) is 0 Å². The van der Waals surface area contributed by atoms with Gasteiger partial charge in [0.1, 0.15) is 11.9 Å². The number of carbonyl (C=O) groups excluding carboxylic acids is 2. The van der Waals surface area contributed by atoms with E-state index in [0.717, 1.165) is 11.4 Å². The molecule has 2 aromatic rings. The van der Waals surface area contributed by atoms with Gasteiger partial charge in [-0.1, -0.05) is 17.7 Å². The first-order valence-corrected chi connectivity index (χ1v) is 11.7. The van der Waals surface area contributed by atoms with Crippen LogP contribution in [0.25, 0.3) is 0 Å². The molecule has 11 heteroatoms. The highest BCUT2D eigenvalue weighted by Crippen LogP contribution is 2.22. The standard InChI is InChI=1S/C22H28ClN5O4S/c1-22(2,3)32-21(31)27-9-10-28(26-14-27)16-6-4-5-15(11-16)24-12-17(29)13-25-20(30)18-7-8-19(23)33-18/h4-8,11,14,17,24,29H,9-10,12-13H2,1-3H3,(H,25,30)/t17-/m0/s1. The summed E-state index contributed by atoms with van der Waals surface area (Å²) in [7, 11) is 0. The van der Waals surface area contributed by atoms with Crippen molar-refractivity contribution < 1.29 is 19.4 Å². The van der Waals surface area contributed by atoms with Crippen LogP contribution in [0.1, 0.15) is 30.4 Å². The Labute approximate surface area is 202 Å². The van der Waals surface area contributed by atoms with E-state index in [1.54, 1.807) is 17.1 Å². The van der Waals surface area contributed by atoms with Crippen LogP contribution in [0, 0.1) is 0 Å².